The van der Waals surface area contributed by atoms with Gasteiger partial charge < -0.3 is 24.4 Å². The second kappa shape index (κ2) is 6.87. The number of morpholine rings is 1. The topological polar surface area (TPSA) is 77.1 Å². The van der Waals surface area contributed by atoms with Gasteiger partial charge >= 0.3 is 0 Å². The lowest BCUT2D eigenvalue weighted by atomic mass is 10.1. The second-order valence-corrected chi connectivity index (χ2v) is 5.39. The summed E-state index contributed by atoms with van der Waals surface area (Å²) in [6.45, 7) is 4.59. The molecule has 2 aliphatic heterocycles. The van der Waals surface area contributed by atoms with Crippen LogP contribution in [-0.2, 0) is 14.3 Å². The smallest absolute Gasteiger partial charge is 0.252 e. The molecule has 2 amide bonds. The maximum Gasteiger partial charge on any atom is 0.252 e. The van der Waals surface area contributed by atoms with Gasteiger partial charge in [-0.1, -0.05) is 0 Å². The van der Waals surface area contributed by atoms with Crippen LogP contribution in [0.2, 0.25) is 0 Å². The average Bonchev–Trinajstić information content (AvgIpc) is 2.56. The van der Waals surface area contributed by atoms with Gasteiger partial charge in [-0.25, -0.2) is 0 Å². The van der Waals surface area contributed by atoms with Gasteiger partial charge in [0, 0.05) is 24.8 Å². The summed E-state index contributed by atoms with van der Waals surface area (Å²) in [6.07, 6.45) is -0.704. The number of anilines is 1. The highest BCUT2D eigenvalue weighted by atomic mass is 16.6. The summed E-state index contributed by atoms with van der Waals surface area (Å²) in [6, 6.07) is 5.22. The van der Waals surface area contributed by atoms with Crippen molar-refractivity contribution in [3.8, 4) is 11.5 Å². The Morgan fingerprint density at radius 1 is 1.26 bits per heavy atom. The Morgan fingerprint density at radius 3 is 2.83 bits per heavy atom. The Hall–Kier alpha value is -2.28. The molecule has 2 heterocycles. The third-order valence-electron chi connectivity index (χ3n) is 3.85. The van der Waals surface area contributed by atoms with E-state index in [9.17, 15) is 9.59 Å². The fourth-order valence-electron chi connectivity index (χ4n) is 2.65. The van der Waals surface area contributed by atoms with Crippen LogP contribution in [0.3, 0.4) is 0 Å². The van der Waals surface area contributed by atoms with Crippen LogP contribution in [0.5, 0.6) is 11.5 Å². The van der Waals surface area contributed by atoms with Gasteiger partial charge in [0.05, 0.1) is 13.0 Å². The molecule has 124 valence electrons. The van der Waals surface area contributed by atoms with Crippen molar-refractivity contribution in [1.82, 2.24) is 4.90 Å². The first kappa shape index (κ1) is 15.6. The van der Waals surface area contributed by atoms with Gasteiger partial charge in [-0.3, -0.25) is 9.59 Å². The van der Waals surface area contributed by atoms with E-state index in [2.05, 4.69) is 5.32 Å². The Balaban J connectivity index is 1.60. The minimum absolute atomic E-state index is 0.00375. The first-order valence-electron chi connectivity index (χ1n) is 7.77. The highest BCUT2D eigenvalue weighted by Gasteiger charge is 2.30. The summed E-state index contributed by atoms with van der Waals surface area (Å²) in [5.74, 6) is 0.879. The van der Waals surface area contributed by atoms with Gasteiger partial charge in [0.2, 0.25) is 5.91 Å². The number of likely N-dealkylation sites (N-methyl/N-ethyl adjacent to an activating group) is 1. The zero-order valence-electron chi connectivity index (χ0n) is 13.0. The van der Waals surface area contributed by atoms with E-state index in [0.717, 1.165) is 0 Å². The fourth-order valence-corrected chi connectivity index (χ4v) is 2.65. The van der Waals surface area contributed by atoms with E-state index in [1.807, 2.05) is 6.92 Å². The van der Waals surface area contributed by atoms with Crippen LogP contribution in [-0.4, -0.2) is 55.7 Å². The zero-order valence-corrected chi connectivity index (χ0v) is 13.0. The van der Waals surface area contributed by atoms with E-state index < -0.39 is 6.10 Å². The monoisotopic (exact) mass is 320 g/mol. The van der Waals surface area contributed by atoms with Crippen molar-refractivity contribution in [2.45, 2.75) is 19.4 Å². The number of fused-ring (bicyclic) bond motifs is 1. The normalized spacial score (nSPS) is 20.3. The summed E-state index contributed by atoms with van der Waals surface area (Å²) in [5.41, 5.74) is 0.606. The third-order valence-corrected chi connectivity index (χ3v) is 3.85. The molecule has 0 radical (unpaired) electrons. The Morgan fingerprint density at radius 2 is 2.04 bits per heavy atom. The van der Waals surface area contributed by atoms with Crippen molar-refractivity contribution < 1.29 is 23.8 Å². The first-order valence-corrected chi connectivity index (χ1v) is 7.77. The van der Waals surface area contributed by atoms with E-state index in [1.165, 1.54) is 0 Å². The Labute approximate surface area is 134 Å². The highest BCUT2D eigenvalue weighted by Crippen LogP contribution is 2.32. The fraction of sp³-hybridized carbons (Fsp3) is 0.500. The minimum atomic E-state index is -0.707. The lowest BCUT2D eigenvalue weighted by molar-refractivity contribution is -0.154. The van der Waals surface area contributed by atoms with E-state index in [-0.39, 0.29) is 18.2 Å². The molecule has 0 aromatic heterocycles. The average molecular weight is 320 g/mol. The van der Waals surface area contributed by atoms with E-state index in [0.29, 0.717) is 50.1 Å². The van der Waals surface area contributed by atoms with Crippen molar-refractivity contribution in [3.05, 3.63) is 18.2 Å². The summed E-state index contributed by atoms with van der Waals surface area (Å²) < 4.78 is 16.3. The van der Waals surface area contributed by atoms with E-state index in [4.69, 9.17) is 14.2 Å². The number of amides is 2. The SMILES string of the molecule is CCN1CCOC(CC(=O)Nc2ccc3c(c2)OCCO3)C1=O. The molecule has 0 bridgehead atoms. The van der Waals surface area contributed by atoms with Crippen LogP contribution in [0.15, 0.2) is 18.2 Å². The molecule has 23 heavy (non-hydrogen) atoms. The van der Waals surface area contributed by atoms with Gasteiger partial charge in [-0.05, 0) is 19.1 Å². The van der Waals surface area contributed by atoms with Crippen molar-refractivity contribution in [3.63, 3.8) is 0 Å². The molecule has 7 nitrogen and oxygen atoms in total. The van der Waals surface area contributed by atoms with Gasteiger partial charge in [-0.2, -0.15) is 0 Å². The number of rotatable bonds is 4. The summed E-state index contributed by atoms with van der Waals surface area (Å²) in [4.78, 5) is 26.0. The number of nitrogens with one attached hydrogen (secondary N) is 1. The largest absolute Gasteiger partial charge is 0.486 e. The molecule has 0 saturated carbocycles. The summed E-state index contributed by atoms with van der Waals surface area (Å²) in [7, 11) is 0. The van der Waals surface area contributed by atoms with Crippen LogP contribution < -0.4 is 14.8 Å². The summed E-state index contributed by atoms with van der Waals surface area (Å²) in [5, 5.41) is 2.77. The van der Waals surface area contributed by atoms with Gasteiger partial charge in [0.15, 0.2) is 11.5 Å². The zero-order chi connectivity index (χ0) is 16.2. The van der Waals surface area contributed by atoms with E-state index in [1.54, 1.807) is 23.1 Å². The lowest BCUT2D eigenvalue weighted by Gasteiger charge is -2.31. The predicted molar refractivity (Wildman–Crippen MR) is 82.7 cm³/mol. The second-order valence-electron chi connectivity index (χ2n) is 5.39. The number of carbonyl (C=O) groups is 2. The standard InChI is InChI=1S/C16H20N2O5/c1-2-18-5-6-21-14(16(18)20)10-15(19)17-11-3-4-12-13(9-11)23-8-7-22-12/h3-4,9,14H,2,5-8,10H2,1H3,(H,17,19). The van der Waals surface area contributed by atoms with Crippen molar-refractivity contribution in [2.24, 2.45) is 0 Å². The number of carbonyl (C=O) groups excluding carboxylic acids is 2. The van der Waals surface area contributed by atoms with Crippen molar-refractivity contribution in [2.75, 3.05) is 38.2 Å². The molecule has 2 aliphatic rings. The first-order chi connectivity index (χ1) is 11.2. The van der Waals surface area contributed by atoms with Gasteiger partial charge in [0.25, 0.3) is 5.91 Å². The van der Waals surface area contributed by atoms with Crippen molar-refractivity contribution in [1.29, 1.82) is 0 Å². The molecule has 1 unspecified atom stereocenters. The van der Waals surface area contributed by atoms with Gasteiger partial charge in [0.1, 0.15) is 19.3 Å². The van der Waals surface area contributed by atoms with Crippen LogP contribution >= 0.6 is 0 Å². The molecule has 1 fully saturated rings. The molecule has 7 heteroatoms. The van der Waals surface area contributed by atoms with Crippen LogP contribution in [0, 0.1) is 0 Å². The number of ether oxygens (including phenoxy) is 3. The number of hydrogen-bond acceptors (Lipinski definition) is 5. The van der Waals surface area contributed by atoms with Crippen molar-refractivity contribution >= 4 is 17.5 Å². The molecular formula is C16H20N2O5. The molecule has 1 aromatic rings. The van der Waals surface area contributed by atoms with Crippen LogP contribution in [0.1, 0.15) is 13.3 Å². The van der Waals surface area contributed by atoms with Crippen LogP contribution in [0.25, 0.3) is 0 Å². The molecule has 0 spiro atoms. The molecular weight excluding hydrogens is 300 g/mol. The number of hydrogen-bond donors (Lipinski definition) is 1. The number of nitrogens with zero attached hydrogens (tertiary/aromatic N) is 1. The number of benzene rings is 1. The Kier molecular flexibility index (Phi) is 4.66. The highest BCUT2D eigenvalue weighted by molar-refractivity contribution is 5.95. The maximum atomic E-state index is 12.2. The van der Waals surface area contributed by atoms with Gasteiger partial charge in [-0.15, -0.1) is 0 Å². The van der Waals surface area contributed by atoms with E-state index >= 15 is 0 Å². The minimum Gasteiger partial charge on any atom is -0.486 e. The van der Waals surface area contributed by atoms with Crippen LogP contribution in [0.4, 0.5) is 5.69 Å². The molecule has 0 aliphatic carbocycles. The lowest BCUT2D eigenvalue weighted by Crippen LogP contribution is -2.48. The predicted octanol–water partition coefficient (Wildman–Crippen LogP) is 1.03. The molecule has 1 N–H and O–H groups in total. The summed E-state index contributed by atoms with van der Waals surface area (Å²) >= 11 is 0. The molecule has 3 rings (SSSR count). The Bertz CT molecular complexity index is 604. The molecule has 1 saturated heterocycles. The maximum absolute atomic E-state index is 12.2. The molecule has 1 atom stereocenters. The quantitative estimate of drug-likeness (QED) is 0.897. The molecule has 1 aromatic carbocycles. The third kappa shape index (κ3) is 3.56.